The lowest BCUT2D eigenvalue weighted by Crippen LogP contribution is -2.21. The third kappa shape index (κ3) is 5.02. The average Bonchev–Trinajstić information content (AvgIpc) is 2.71. The van der Waals surface area contributed by atoms with Gasteiger partial charge in [-0.1, -0.05) is 29.8 Å². The van der Waals surface area contributed by atoms with E-state index in [-0.39, 0.29) is 6.04 Å². The molecule has 0 bridgehead atoms. The van der Waals surface area contributed by atoms with E-state index in [0.717, 1.165) is 11.6 Å². The minimum Gasteiger partial charge on any atom is -0.368 e. The Labute approximate surface area is 170 Å². The van der Waals surface area contributed by atoms with E-state index in [9.17, 15) is 13.2 Å². The smallest absolute Gasteiger partial charge is 0.368 e. The van der Waals surface area contributed by atoms with Crippen molar-refractivity contribution in [3.05, 3.63) is 76.6 Å². The van der Waals surface area contributed by atoms with Crippen LogP contribution >= 0.6 is 11.6 Å². The Morgan fingerprint density at radius 3 is 2.62 bits per heavy atom. The molecule has 0 aliphatic rings. The van der Waals surface area contributed by atoms with Crippen LogP contribution in [0.2, 0.25) is 5.02 Å². The van der Waals surface area contributed by atoms with Gasteiger partial charge < -0.3 is 11.1 Å². The first kappa shape index (κ1) is 20.6. The highest BCUT2D eigenvalue weighted by Crippen LogP contribution is 2.36. The molecular weight excluding hydrogens is 403 g/mol. The lowest BCUT2D eigenvalue weighted by molar-refractivity contribution is -0.137. The highest BCUT2D eigenvalue weighted by molar-refractivity contribution is 6.31. The highest BCUT2D eigenvalue weighted by Gasteiger charge is 2.33. The second-order valence-electron chi connectivity index (χ2n) is 6.21. The van der Waals surface area contributed by atoms with E-state index in [1.807, 2.05) is 6.07 Å². The van der Waals surface area contributed by atoms with E-state index in [1.165, 1.54) is 18.5 Å². The van der Waals surface area contributed by atoms with Crippen LogP contribution in [0.5, 0.6) is 0 Å². The van der Waals surface area contributed by atoms with Crippen LogP contribution in [0.3, 0.4) is 0 Å². The molecule has 0 aliphatic heterocycles. The molecule has 0 saturated carbocycles. The topological polar surface area (TPSA) is 87.6 Å². The molecule has 29 heavy (non-hydrogen) atoms. The third-order valence-corrected chi connectivity index (χ3v) is 4.50. The summed E-state index contributed by atoms with van der Waals surface area (Å²) in [4.78, 5) is 8.19. The molecule has 3 aromatic rings. The molecule has 1 atom stereocenters. The van der Waals surface area contributed by atoms with Crippen molar-refractivity contribution in [1.82, 2.24) is 9.97 Å². The summed E-state index contributed by atoms with van der Waals surface area (Å²) in [6, 6.07) is 13.7. The fourth-order valence-corrected chi connectivity index (χ4v) is 2.98. The number of benzene rings is 2. The van der Waals surface area contributed by atoms with Gasteiger partial charge in [-0.2, -0.15) is 18.4 Å². The SMILES string of the molecule is N#Cc1cccc([C@@H](N)CNc2cc(-c3ccc(C(F)(F)F)c(Cl)c3)ncn2)c1. The number of nitrogens with two attached hydrogens (primary N) is 1. The molecule has 0 unspecified atom stereocenters. The number of halogens is 4. The number of nitriles is 1. The van der Waals surface area contributed by atoms with Crippen molar-refractivity contribution in [3.8, 4) is 17.3 Å². The fourth-order valence-electron chi connectivity index (χ4n) is 2.69. The highest BCUT2D eigenvalue weighted by atomic mass is 35.5. The van der Waals surface area contributed by atoms with Crippen LogP contribution in [0.1, 0.15) is 22.7 Å². The molecule has 3 N–H and O–H groups in total. The first-order valence-electron chi connectivity index (χ1n) is 8.46. The Morgan fingerprint density at radius 2 is 1.93 bits per heavy atom. The van der Waals surface area contributed by atoms with Crippen LogP contribution in [-0.4, -0.2) is 16.5 Å². The van der Waals surface area contributed by atoms with Crippen molar-refractivity contribution in [2.24, 2.45) is 5.73 Å². The fraction of sp³-hybridized carbons (Fsp3) is 0.150. The van der Waals surface area contributed by atoms with Gasteiger partial charge in [0.05, 0.1) is 27.9 Å². The summed E-state index contributed by atoms with van der Waals surface area (Å²) in [6.45, 7) is 0.332. The molecule has 0 radical (unpaired) electrons. The Kier molecular flexibility index (Phi) is 6.01. The van der Waals surface area contributed by atoms with Crippen LogP contribution in [-0.2, 0) is 6.18 Å². The maximum atomic E-state index is 12.9. The molecule has 1 heterocycles. The second-order valence-corrected chi connectivity index (χ2v) is 6.61. The zero-order valence-corrected chi connectivity index (χ0v) is 15.7. The molecule has 0 saturated heterocycles. The summed E-state index contributed by atoms with van der Waals surface area (Å²) in [5, 5.41) is 11.6. The van der Waals surface area contributed by atoms with E-state index in [4.69, 9.17) is 22.6 Å². The van der Waals surface area contributed by atoms with Gasteiger partial charge in [0.15, 0.2) is 0 Å². The lowest BCUT2D eigenvalue weighted by Gasteiger charge is -2.14. The summed E-state index contributed by atoms with van der Waals surface area (Å²) in [5.74, 6) is 0.456. The quantitative estimate of drug-likeness (QED) is 0.622. The van der Waals surface area contributed by atoms with E-state index in [2.05, 4.69) is 21.4 Å². The maximum Gasteiger partial charge on any atom is 0.417 e. The van der Waals surface area contributed by atoms with Crippen LogP contribution in [0.25, 0.3) is 11.3 Å². The molecule has 9 heteroatoms. The molecule has 148 valence electrons. The summed E-state index contributed by atoms with van der Waals surface area (Å²) in [7, 11) is 0. The molecule has 0 amide bonds. The summed E-state index contributed by atoms with van der Waals surface area (Å²) < 4.78 is 38.6. The van der Waals surface area contributed by atoms with Gasteiger partial charge in [0.2, 0.25) is 0 Å². The van der Waals surface area contributed by atoms with Crippen molar-refractivity contribution >= 4 is 17.4 Å². The summed E-state index contributed by atoms with van der Waals surface area (Å²) in [6.07, 6.45) is -3.22. The Morgan fingerprint density at radius 1 is 1.14 bits per heavy atom. The molecule has 0 fully saturated rings. The van der Waals surface area contributed by atoms with Crippen molar-refractivity contribution in [2.75, 3.05) is 11.9 Å². The number of aromatic nitrogens is 2. The van der Waals surface area contributed by atoms with Crippen molar-refractivity contribution in [2.45, 2.75) is 12.2 Å². The van der Waals surface area contributed by atoms with Crippen molar-refractivity contribution < 1.29 is 13.2 Å². The second kappa shape index (κ2) is 8.47. The van der Waals surface area contributed by atoms with Crippen LogP contribution in [0.15, 0.2) is 54.9 Å². The van der Waals surface area contributed by atoms with Gasteiger partial charge in [-0.25, -0.2) is 9.97 Å². The first-order chi connectivity index (χ1) is 13.8. The van der Waals surface area contributed by atoms with Gasteiger partial charge in [0, 0.05) is 24.2 Å². The predicted octanol–water partition coefficient (Wildman–Crippen LogP) is 4.80. The molecule has 1 aromatic heterocycles. The van der Waals surface area contributed by atoms with E-state index in [0.29, 0.717) is 29.2 Å². The molecule has 2 aromatic carbocycles. The average molecular weight is 418 g/mol. The van der Waals surface area contributed by atoms with Crippen LogP contribution in [0.4, 0.5) is 19.0 Å². The minimum absolute atomic E-state index is 0.332. The Hall–Kier alpha value is -3.15. The molecule has 3 rings (SSSR count). The molecule has 5 nitrogen and oxygen atoms in total. The van der Waals surface area contributed by atoms with Crippen molar-refractivity contribution in [3.63, 3.8) is 0 Å². The number of anilines is 1. The van der Waals surface area contributed by atoms with Crippen LogP contribution < -0.4 is 11.1 Å². The lowest BCUT2D eigenvalue weighted by atomic mass is 10.1. The Bertz CT molecular complexity index is 1060. The number of alkyl halides is 3. The predicted molar refractivity (Wildman–Crippen MR) is 104 cm³/mol. The largest absolute Gasteiger partial charge is 0.417 e. The molecular formula is C20H15ClF3N5. The Balaban J connectivity index is 1.74. The van der Waals surface area contributed by atoms with Gasteiger partial charge in [-0.3, -0.25) is 0 Å². The normalized spacial score (nSPS) is 12.3. The number of hydrogen-bond acceptors (Lipinski definition) is 5. The molecule has 0 aliphatic carbocycles. The van der Waals surface area contributed by atoms with Gasteiger partial charge >= 0.3 is 6.18 Å². The number of nitrogens with zero attached hydrogens (tertiary/aromatic N) is 3. The van der Waals surface area contributed by atoms with Gasteiger partial charge in [0.25, 0.3) is 0 Å². The monoisotopic (exact) mass is 417 g/mol. The van der Waals surface area contributed by atoms with Crippen molar-refractivity contribution in [1.29, 1.82) is 5.26 Å². The van der Waals surface area contributed by atoms with Gasteiger partial charge in [-0.05, 0) is 29.8 Å². The zero-order chi connectivity index (χ0) is 21.0. The first-order valence-corrected chi connectivity index (χ1v) is 8.84. The van der Waals surface area contributed by atoms with Gasteiger partial charge in [0.1, 0.15) is 12.1 Å². The van der Waals surface area contributed by atoms with E-state index < -0.39 is 16.8 Å². The summed E-state index contributed by atoms with van der Waals surface area (Å²) >= 11 is 5.78. The van der Waals surface area contributed by atoms with E-state index >= 15 is 0 Å². The maximum absolute atomic E-state index is 12.9. The zero-order valence-electron chi connectivity index (χ0n) is 14.9. The number of rotatable bonds is 5. The van der Waals surface area contributed by atoms with Crippen LogP contribution in [0, 0.1) is 11.3 Å². The molecule has 0 spiro atoms. The minimum atomic E-state index is -4.52. The standard InChI is InChI=1S/C20H15ClF3N5/c21-16-7-14(4-5-15(16)20(22,23)24)18-8-19(29-11-28-18)27-10-17(26)13-3-1-2-12(6-13)9-25/h1-8,11,17H,10,26H2,(H,27,28,29)/t17-/m0/s1. The summed E-state index contributed by atoms with van der Waals surface area (Å²) in [5.41, 5.74) is 7.40. The third-order valence-electron chi connectivity index (χ3n) is 4.18. The number of hydrogen-bond donors (Lipinski definition) is 2. The number of nitrogens with one attached hydrogen (secondary N) is 1. The van der Waals surface area contributed by atoms with E-state index in [1.54, 1.807) is 24.3 Å². The van der Waals surface area contributed by atoms with Gasteiger partial charge in [-0.15, -0.1) is 0 Å².